The summed E-state index contributed by atoms with van der Waals surface area (Å²) in [5, 5.41) is 11.0. The standard InChI is InChI=1S/C17H17N5OS/c1-11-5-3-4-6-13(11)16-18-14(10-24-16)17(23)21-7-8-22-12(2)19-20-15(22)9-21/h3-6,10H,7-9H2,1-2H3. The van der Waals surface area contributed by atoms with E-state index in [1.807, 2.05) is 30.5 Å². The van der Waals surface area contributed by atoms with Crippen molar-refractivity contribution in [2.24, 2.45) is 0 Å². The van der Waals surface area contributed by atoms with Crippen LogP contribution < -0.4 is 0 Å². The van der Waals surface area contributed by atoms with Crippen LogP contribution >= 0.6 is 11.3 Å². The van der Waals surface area contributed by atoms with Gasteiger partial charge in [0.2, 0.25) is 0 Å². The number of hydrogen-bond donors (Lipinski definition) is 0. The number of rotatable bonds is 2. The quantitative estimate of drug-likeness (QED) is 0.720. The smallest absolute Gasteiger partial charge is 0.273 e. The Morgan fingerprint density at radius 2 is 2.00 bits per heavy atom. The third kappa shape index (κ3) is 2.50. The maximum atomic E-state index is 12.8. The van der Waals surface area contributed by atoms with Gasteiger partial charge in [0.15, 0.2) is 5.82 Å². The van der Waals surface area contributed by atoms with Gasteiger partial charge in [0, 0.05) is 24.0 Å². The lowest BCUT2D eigenvalue weighted by atomic mass is 10.1. The average Bonchev–Trinajstić information content (AvgIpc) is 3.22. The molecule has 7 heteroatoms. The maximum Gasteiger partial charge on any atom is 0.273 e. The number of benzene rings is 1. The van der Waals surface area contributed by atoms with Crippen LogP contribution in [0.5, 0.6) is 0 Å². The van der Waals surface area contributed by atoms with Gasteiger partial charge in [-0.25, -0.2) is 4.98 Å². The maximum absolute atomic E-state index is 12.8. The number of thiazole rings is 1. The number of amides is 1. The van der Waals surface area contributed by atoms with E-state index < -0.39 is 0 Å². The molecule has 0 radical (unpaired) electrons. The molecule has 6 nitrogen and oxygen atoms in total. The van der Waals surface area contributed by atoms with Crippen molar-refractivity contribution >= 4 is 17.2 Å². The van der Waals surface area contributed by atoms with Gasteiger partial charge in [-0.3, -0.25) is 4.79 Å². The summed E-state index contributed by atoms with van der Waals surface area (Å²) in [5.41, 5.74) is 2.74. The van der Waals surface area contributed by atoms with Crippen LogP contribution in [0.15, 0.2) is 29.6 Å². The van der Waals surface area contributed by atoms with Crippen molar-refractivity contribution in [2.75, 3.05) is 6.54 Å². The van der Waals surface area contributed by atoms with Gasteiger partial charge in [-0.1, -0.05) is 24.3 Å². The van der Waals surface area contributed by atoms with Crippen LogP contribution in [-0.4, -0.2) is 37.1 Å². The summed E-state index contributed by atoms with van der Waals surface area (Å²) in [5.74, 6) is 1.69. The van der Waals surface area contributed by atoms with Gasteiger partial charge < -0.3 is 9.47 Å². The minimum Gasteiger partial charge on any atom is -0.328 e. The second kappa shape index (κ2) is 5.83. The van der Waals surface area contributed by atoms with Gasteiger partial charge >= 0.3 is 0 Å². The highest BCUT2D eigenvalue weighted by atomic mass is 32.1. The number of aryl methyl sites for hydroxylation is 2. The molecule has 0 saturated heterocycles. The fourth-order valence-corrected chi connectivity index (χ4v) is 3.83. The summed E-state index contributed by atoms with van der Waals surface area (Å²) in [6, 6.07) is 8.09. The van der Waals surface area contributed by atoms with E-state index in [0.29, 0.717) is 18.8 Å². The lowest BCUT2D eigenvalue weighted by molar-refractivity contribution is 0.0701. The van der Waals surface area contributed by atoms with Crippen LogP contribution in [0.4, 0.5) is 0 Å². The van der Waals surface area contributed by atoms with Crippen LogP contribution in [0.3, 0.4) is 0 Å². The molecule has 1 aliphatic heterocycles. The fourth-order valence-electron chi connectivity index (χ4n) is 2.95. The Hall–Kier alpha value is -2.54. The summed E-state index contributed by atoms with van der Waals surface area (Å²) in [6.45, 7) is 5.86. The number of nitrogens with zero attached hydrogens (tertiary/aromatic N) is 5. The lowest BCUT2D eigenvalue weighted by Crippen LogP contribution is -2.38. The van der Waals surface area contributed by atoms with Gasteiger partial charge in [0.05, 0.1) is 6.54 Å². The molecule has 0 atom stereocenters. The molecule has 0 spiro atoms. The van der Waals surface area contributed by atoms with Crippen LogP contribution in [0.25, 0.3) is 10.6 Å². The van der Waals surface area contributed by atoms with Crippen LogP contribution in [0.1, 0.15) is 27.7 Å². The normalized spacial score (nSPS) is 13.8. The van der Waals surface area contributed by atoms with E-state index in [0.717, 1.165) is 34.3 Å². The number of carbonyl (C=O) groups excluding carboxylic acids is 1. The van der Waals surface area contributed by atoms with E-state index in [-0.39, 0.29) is 5.91 Å². The monoisotopic (exact) mass is 339 g/mol. The number of fused-ring (bicyclic) bond motifs is 1. The molecule has 2 aromatic heterocycles. The van der Waals surface area contributed by atoms with E-state index in [4.69, 9.17) is 0 Å². The zero-order valence-corrected chi connectivity index (χ0v) is 14.4. The predicted octanol–water partition coefficient (Wildman–Crippen LogP) is 2.67. The Morgan fingerprint density at radius 1 is 1.17 bits per heavy atom. The SMILES string of the molecule is Cc1ccccc1-c1nc(C(=O)N2CCn3c(C)nnc3C2)cs1. The zero-order valence-electron chi connectivity index (χ0n) is 13.6. The Kier molecular flexibility index (Phi) is 3.65. The molecular weight excluding hydrogens is 322 g/mol. The van der Waals surface area contributed by atoms with Crippen LogP contribution in [0, 0.1) is 13.8 Å². The first-order valence-corrected chi connectivity index (χ1v) is 8.71. The van der Waals surface area contributed by atoms with E-state index in [2.05, 4.69) is 32.7 Å². The molecule has 1 aromatic carbocycles. The number of carbonyl (C=O) groups is 1. The molecule has 3 heterocycles. The lowest BCUT2D eigenvalue weighted by Gasteiger charge is -2.26. The number of aromatic nitrogens is 4. The highest BCUT2D eigenvalue weighted by molar-refractivity contribution is 7.13. The van der Waals surface area contributed by atoms with Gasteiger partial charge in [0.1, 0.15) is 16.5 Å². The molecule has 0 unspecified atom stereocenters. The second-order valence-corrected chi connectivity index (χ2v) is 6.75. The minimum absolute atomic E-state index is 0.0435. The van der Waals surface area contributed by atoms with Gasteiger partial charge in [-0.15, -0.1) is 21.5 Å². The molecule has 122 valence electrons. The van der Waals surface area contributed by atoms with Crippen molar-refractivity contribution in [3.8, 4) is 10.6 Å². The highest BCUT2D eigenvalue weighted by Gasteiger charge is 2.25. The van der Waals surface area contributed by atoms with Crippen molar-refractivity contribution < 1.29 is 4.79 Å². The van der Waals surface area contributed by atoms with Crippen LogP contribution in [-0.2, 0) is 13.1 Å². The van der Waals surface area contributed by atoms with Gasteiger partial charge in [-0.2, -0.15) is 0 Å². The topological polar surface area (TPSA) is 63.9 Å². The first kappa shape index (κ1) is 15.0. The van der Waals surface area contributed by atoms with E-state index >= 15 is 0 Å². The second-order valence-electron chi connectivity index (χ2n) is 5.89. The number of hydrogen-bond acceptors (Lipinski definition) is 5. The highest BCUT2D eigenvalue weighted by Crippen LogP contribution is 2.27. The van der Waals surface area contributed by atoms with E-state index in [9.17, 15) is 4.79 Å². The van der Waals surface area contributed by atoms with Crippen molar-refractivity contribution in [3.05, 3.63) is 52.6 Å². The molecule has 0 N–H and O–H groups in total. The molecule has 3 aromatic rings. The molecule has 1 aliphatic rings. The molecule has 24 heavy (non-hydrogen) atoms. The summed E-state index contributed by atoms with van der Waals surface area (Å²) >= 11 is 1.51. The molecule has 0 fully saturated rings. The summed E-state index contributed by atoms with van der Waals surface area (Å²) < 4.78 is 2.06. The van der Waals surface area contributed by atoms with Crippen molar-refractivity contribution in [1.29, 1.82) is 0 Å². The van der Waals surface area contributed by atoms with Crippen molar-refractivity contribution in [2.45, 2.75) is 26.9 Å². The minimum atomic E-state index is -0.0435. The van der Waals surface area contributed by atoms with Gasteiger partial charge in [-0.05, 0) is 19.4 Å². The Bertz CT molecular complexity index is 913. The average molecular weight is 339 g/mol. The first-order chi connectivity index (χ1) is 11.6. The predicted molar refractivity (Wildman–Crippen MR) is 91.8 cm³/mol. The molecule has 0 saturated carbocycles. The summed E-state index contributed by atoms with van der Waals surface area (Å²) in [7, 11) is 0. The fraction of sp³-hybridized carbons (Fsp3) is 0.294. The van der Waals surface area contributed by atoms with Gasteiger partial charge in [0.25, 0.3) is 5.91 Å². The van der Waals surface area contributed by atoms with Crippen LogP contribution in [0.2, 0.25) is 0 Å². The third-order valence-electron chi connectivity index (χ3n) is 4.32. The molecule has 0 aliphatic carbocycles. The van der Waals surface area contributed by atoms with E-state index in [1.54, 1.807) is 4.90 Å². The zero-order chi connectivity index (χ0) is 16.7. The molecule has 0 bridgehead atoms. The largest absolute Gasteiger partial charge is 0.328 e. The molecule has 1 amide bonds. The molecular formula is C17H17N5OS. The third-order valence-corrected chi connectivity index (χ3v) is 5.20. The summed E-state index contributed by atoms with van der Waals surface area (Å²) in [6.07, 6.45) is 0. The molecule has 4 rings (SSSR count). The van der Waals surface area contributed by atoms with Crippen molar-refractivity contribution in [1.82, 2.24) is 24.6 Å². The summed E-state index contributed by atoms with van der Waals surface area (Å²) in [4.78, 5) is 19.1. The van der Waals surface area contributed by atoms with E-state index in [1.165, 1.54) is 11.3 Å². The Labute approximate surface area is 143 Å². The van der Waals surface area contributed by atoms with Crippen molar-refractivity contribution in [3.63, 3.8) is 0 Å². The Morgan fingerprint density at radius 3 is 2.83 bits per heavy atom. The Balaban J connectivity index is 1.57. The first-order valence-electron chi connectivity index (χ1n) is 7.83.